The van der Waals surface area contributed by atoms with E-state index < -0.39 is 0 Å². The Bertz CT molecular complexity index is 329. The van der Waals surface area contributed by atoms with Crippen molar-refractivity contribution in [3.8, 4) is 5.75 Å². The molecule has 1 aromatic rings. The summed E-state index contributed by atoms with van der Waals surface area (Å²) in [6, 6.07) is 1.87. The molecule has 0 N–H and O–H groups in total. The van der Waals surface area contributed by atoms with E-state index in [0.717, 1.165) is 23.4 Å². The smallest absolute Gasteiger partial charge is 0.125 e. The molecule has 0 fully saturated rings. The molecule has 3 nitrogen and oxygen atoms in total. The van der Waals surface area contributed by atoms with Gasteiger partial charge in [0.05, 0.1) is 17.7 Å². The Labute approximate surface area is 102 Å². The van der Waals surface area contributed by atoms with Gasteiger partial charge in [0.2, 0.25) is 0 Å². The van der Waals surface area contributed by atoms with Gasteiger partial charge in [-0.3, -0.25) is 4.98 Å². The third kappa shape index (κ3) is 3.65. The van der Waals surface area contributed by atoms with Gasteiger partial charge in [-0.2, -0.15) is 0 Å². The van der Waals surface area contributed by atoms with Crippen molar-refractivity contribution in [3.05, 3.63) is 23.5 Å². The predicted octanol–water partition coefficient (Wildman–Crippen LogP) is 3.11. The maximum atomic E-state index is 6.03. The van der Waals surface area contributed by atoms with E-state index in [4.69, 9.17) is 21.1 Å². The van der Waals surface area contributed by atoms with Gasteiger partial charge in [0.25, 0.3) is 0 Å². The zero-order valence-corrected chi connectivity index (χ0v) is 10.8. The Balaban J connectivity index is 2.62. The van der Waals surface area contributed by atoms with Crippen LogP contribution in [0.4, 0.5) is 0 Å². The van der Waals surface area contributed by atoms with Crippen molar-refractivity contribution in [2.24, 2.45) is 0 Å². The van der Waals surface area contributed by atoms with Crippen molar-refractivity contribution < 1.29 is 9.47 Å². The molecule has 1 rings (SSSR count). The van der Waals surface area contributed by atoms with Gasteiger partial charge in [-0.25, -0.2) is 0 Å². The number of rotatable bonds is 6. The first-order chi connectivity index (χ1) is 7.66. The summed E-state index contributed by atoms with van der Waals surface area (Å²) < 4.78 is 10.6. The summed E-state index contributed by atoms with van der Waals surface area (Å²) in [4.78, 5) is 4.25. The van der Waals surface area contributed by atoms with Crippen LogP contribution in [0.1, 0.15) is 30.0 Å². The number of pyridine rings is 1. The molecular formula is C12H18ClNO2. The molecule has 1 unspecified atom stereocenters. The molecule has 1 atom stereocenters. The second-order valence-electron chi connectivity index (χ2n) is 3.63. The lowest BCUT2D eigenvalue weighted by atomic mass is 10.1. The number of hydrogen-bond acceptors (Lipinski definition) is 3. The summed E-state index contributed by atoms with van der Waals surface area (Å²) in [6.07, 6.45) is 2.61. The standard InChI is InChI=1S/C12H18ClNO2/c1-9-11(16-8-4-7-15-3)5-6-14-12(9)10(2)13/h5-6,10H,4,7-8H2,1-3H3. The molecule has 0 aliphatic heterocycles. The SMILES string of the molecule is COCCCOc1ccnc(C(C)Cl)c1C. The second-order valence-corrected chi connectivity index (χ2v) is 4.28. The largest absolute Gasteiger partial charge is 0.493 e. The van der Waals surface area contributed by atoms with Gasteiger partial charge in [0.15, 0.2) is 0 Å². The van der Waals surface area contributed by atoms with E-state index in [9.17, 15) is 0 Å². The Hall–Kier alpha value is -0.800. The number of aromatic nitrogens is 1. The number of methoxy groups -OCH3 is 1. The van der Waals surface area contributed by atoms with Gasteiger partial charge in [0, 0.05) is 31.9 Å². The highest BCUT2D eigenvalue weighted by atomic mass is 35.5. The molecule has 0 radical (unpaired) electrons. The first-order valence-electron chi connectivity index (χ1n) is 5.38. The lowest BCUT2D eigenvalue weighted by Crippen LogP contribution is -2.04. The van der Waals surface area contributed by atoms with E-state index >= 15 is 0 Å². The van der Waals surface area contributed by atoms with Crippen molar-refractivity contribution >= 4 is 11.6 Å². The van der Waals surface area contributed by atoms with Crippen molar-refractivity contribution in [2.45, 2.75) is 25.6 Å². The van der Waals surface area contributed by atoms with E-state index in [1.165, 1.54) is 0 Å². The lowest BCUT2D eigenvalue weighted by molar-refractivity contribution is 0.172. The molecule has 16 heavy (non-hydrogen) atoms. The Morgan fingerprint density at radius 2 is 2.19 bits per heavy atom. The third-order valence-corrected chi connectivity index (χ3v) is 2.53. The van der Waals surface area contributed by atoms with Crippen LogP contribution in [0.2, 0.25) is 0 Å². The molecule has 90 valence electrons. The van der Waals surface area contributed by atoms with Crippen molar-refractivity contribution in [2.75, 3.05) is 20.3 Å². The number of ether oxygens (including phenoxy) is 2. The lowest BCUT2D eigenvalue weighted by Gasteiger charge is -2.12. The Morgan fingerprint density at radius 1 is 1.44 bits per heavy atom. The summed E-state index contributed by atoms with van der Waals surface area (Å²) in [5.41, 5.74) is 1.90. The summed E-state index contributed by atoms with van der Waals surface area (Å²) in [5.74, 6) is 0.855. The minimum atomic E-state index is -0.0949. The molecule has 0 spiro atoms. The third-order valence-electron chi connectivity index (χ3n) is 2.32. The van der Waals surface area contributed by atoms with Crippen molar-refractivity contribution in [1.29, 1.82) is 0 Å². The molecule has 4 heteroatoms. The zero-order valence-electron chi connectivity index (χ0n) is 10.00. The van der Waals surface area contributed by atoms with Crippen LogP contribution >= 0.6 is 11.6 Å². The predicted molar refractivity (Wildman–Crippen MR) is 65.2 cm³/mol. The van der Waals surface area contributed by atoms with Gasteiger partial charge >= 0.3 is 0 Å². The Kier molecular flexibility index (Phi) is 5.56. The molecule has 0 aliphatic rings. The van der Waals surface area contributed by atoms with Gasteiger partial charge in [-0.1, -0.05) is 0 Å². The number of halogens is 1. The van der Waals surface area contributed by atoms with Gasteiger partial charge in [-0.05, 0) is 19.9 Å². The number of nitrogens with zero attached hydrogens (tertiary/aromatic N) is 1. The fourth-order valence-electron chi connectivity index (χ4n) is 1.48. The molecule has 0 amide bonds. The van der Waals surface area contributed by atoms with E-state index in [0.29, 0.717) is 13.2 Å². The Morgan fingerprint density at radius 3 is 2.81 bits per heavy atom. The quantitative estimate of drug-likeness (QED) is 0.568. The average Bonchev–Trinajstić information content (AvgIpc) is 2.26. The first-order valence-corrected chi connectivity index (χ1v) is 5.81. The zero-order chi connectivity index (χ0) is 12.0. The fraction of sp³-hybridized carbons (Fsp3) is 0.583. The molecule has 0 saturated heterocycles. The highest BCUT2D eigenvalue weighted by molar-refractivity contribution is 6.20. The van der Waals surface area contributed by atoms with Crippen LogP contribution in [0.5, 0.6) is 5.75 Å². The molecule has 0 aliphatic carbocycles. The van der Waals surface area contributed by atoms with Crippen LogP contribution in [-0.2, 0) is 4.74 Å². The van der Waals surface area contributed by atoms with Gasteiger partial charge < -0.3 is 9.47 Å². The van der Waals surface area contributed by atoms with Crippen LogP contribution in [0.15, 0.2) is 12.3 Å². The summed E-state index contributed by atoms with van der Waals surface area (Å²) in [7, 11) is 1.69. The van der Waals surface area contributed by atoms with Crippen LogP contribution in [-0.4, -0.2) is 25.3 Å². The highest BCUT2D eigenvalue weighted by Crippen LogP contribution is 2.27. The summed E-state index contributed by atoms with van der Waals surface area (Å²) in [5, 5.41) is -0.0949. The van der Waals surface area contributed by atoms with E-state index in [-0.39, 0.29) is 5.38 Å². The number of alkyl halides is 1. The topological polar surface area (TPSA) is 31.4 Å². The van der Waals surface area contributed by atoms with Crippen molar-refractivity contribution in [3.63, 3.8) is 0 Å². The molecular weight excluding hydrogens is 226 g/mol. The summed E-state index contributed by atoms with van der Waals surface area (Å²) >= 11 is 6.03. The highest BCUT2D eigenvalue weighted by Gasteiger charge is 2.10. The monoisotopic (exact) mass is 243 g/mol. The van der Waals surface area contributed by atoms with E-state index in [1.54, 1.807) is 13.3 Å². The molecule has 0 aromatic carbocycles. The van der Waals surface area contributed by atoms with Crippen LogP contribution in [0.3, 0.4) is 0 Å². The molecule has 1 heterocycles. The average molecular weight is 244 g/mol. The van der Waals surface area contributed by atoms with Crippen LogP contribution in [0.25, 0.3) is 0 Å². The van der Waals surface area contributed by atoms with E-state index in [2.05, 4.69) is 4.98 Å². The van der Waals surface area contributed by atoms with Crippen LogP contribution < -0.4 is 4.74 Å². The van der Waals surface area contributed by atoms with Gasteiger partial charge in [-0.15, -0.1) is 11.6 Å². The van der Waals surface area contributed by atoms with Crippen LogP contribution in [0, 0.1) is 6.92 Å². The summed E-state index contributed by atoms with van der Waals surface area (Å²) in [6.45, 7) is 5.25. The fourth-order valence-corrected chi connectivity index (χ4v) is 1.70. The molecule has 0 saturated carbocycles. The molecule has 0 bridgehead atoms. The number of hydrogen-bond donors (Lipinski definition) is 0. The maximum Gasteiger partial charge on any atom is 0.125 e. The van der Waals surface area contributed by atoms with Crippen molar-refractivity contribution in [1.82, 2.24) is 4.98 Å². The molecule has 1 aromatic heterocycles. The minimum absolute atomic E-state index is 0.0949. The van der Waals surface area contributed by atoms with E-state index in [1.807, 2.05) is 19.9 Å². The second kappa shape index (κ2) is 6.71. The normalized spacial score (nSPS) is 12.5. The minimum Gasteiger partial charge on any atom is -0.493 e. The first kappa shape index (κ1) is 13.3. The van der Waals surface area contributed by atoms with Gasteiger partial charge in [0.1, 0.15) is 5.75 Å². The maximum absolute atomic E-state index is 6.03.